The van der Waals surface area contributed by atoms with Gasteiger partial charge in [-0.25, -0.2) is 4.98 Å². The number of fused-ring (bicyclic) bond motifs is 1. The molecule has 2 aromatic rings. The lowest BCUT2D eigenvalue weighted by atomic mass is 9.97. The molecule has 2 heterocycles. The van der Waals surface area contributed by atoms with E-state index in [4.69, 9.17) is 9.47 Å². The van der Waals surface area contributed by atoms with Crippen molar-refractivity contribution in [2.45, 2.75) is 77.9 Å². The molecule has 52 heavy (non-hydrogen) atoms. The Morgan fingerprint density at radius 1 is 0.942 bits per heavy atom. The predicted octanol–water partition coefficient (Wildman–Crippen LogP) is 0.556. The molecule has 0 unspecified atom stereocenters. The van der Waals surface area contributed by atoms with Crippen LogP contribution >= 0.6 is 0 Å². The van der Waals surface area contributed by atoms with E-state index < -0.39 is 23.9 Å². The summed E-state index contributed by atoms with van der Waals surface area (Å²) < 4.78 is 11.5. The molecule has 4 N–H and O–H groups in total. The van der Waals surface area contributed by atoms with Crippen LogP contribution in [0.25, 0.3) is 10.9 Å². The zero-order valence-corrected chi connectivity index (χ0v) is 31.2. The molecule has 3 rings (SSSR count). The second-order valence-corrected chi connectivity index (χ2v) is 13.0. The standard InChI is InChI=1S/C36H56N8O8/c1-6-8-9-29(40-34(48)33(25(3)7-2)41-31(46)13-12-30(45)38-14-19-52-21-20-51-5)36(50)43-17-15-42(16-18-43)26-10-11-28-27(22-26)35(49)44(24-39-28)23-32(47)37-4/h10-11,22,24-25,29,33H,6-9,12-21,23H2,1-5H3,(H,37,47)(H,38,45)(H,40,48)(H,41,46)/t25-,29-,33-/m0/s1. The minimum Gasteiger partial charge on any atom is -0.382 e. The number of nitrogens with zero attached hydrogens (tertiary/aromatic N) is 4. The highest BCUT2D eigenvalue weighted by Crippen LogP contribution is 2.21. The van der Waals surface area contributed by atoms with Crippen molar-refractivity contribution >= 4 is 46.1 Å². The Kier molecular flexibility index (Phi) is 17.5. The smallest absolute Gasteiger partial charge is 0.261 e. The molecule has 0 spiro atoms. The number of piperazine rings is 1. The van der Waals surface area contributed by atoms with Crippen molar-refractivity contribution in [2.24, 2.45) is 5.92 Å². The van der Waals surface area contributed by atoms with Gasteiger partial charge in [-0.15, -0.1) is 0 Å². The van der Waals surface area contributed by atoms with Gasteiger partial charge in [-0.1, -0.05) is 40.0 Å². The number of carbonyl (C=O) groups is 5. The Bertz CT molecular complexity index is 1560. The summed E-state index contributed by atoms with van der Waals surface area (Å²) in [7, 11) is 3.08. The number of methoxy groups -OCH3 is 1. The lowest BCUT2D eigenvalue weighted by Crippen LogP contribution is -2.58. The quantitative estimate of drug-likeness (QED) is 0.132. The molecule has 16 heteroatoms. The number of anilines is 1. The Morgan fingerprint density at radius 3 is 2.35 bits per heavy atom. The maximum Gasteiger partial charge on any atom is 0.261 e. The first kappa shape index (κ1) is 41.8. The van der Waals surface area contributed by atoms with Crippen LogP contribution in [-0.2, 0) is 40.0 Å². The molecule has 0 radical (unpaired) electrons. The van der Waals surface area contributed by atoms with Gasteiger partial charge in [-0.2, -0.15) is 0 Å². The summed E-state index contributed by atoms with van der Waals surface area (Å²) >= 11 is 0. The maximum absolute atomic E-state index is 13.8. The molecular weight excluding hydrogens is 672 g/mol. The highest BCUT2D eigenvalue weighted by Gasteiger charge is 2.33. The molecule has 1 aromatic carbocycles. The minimum absolute atomic E-state index is 0.0336. The third-order valence-corrected chi connectivity index (χ3v) is 9.21. The number of likely N-dealkylation sites (N-methyl/N-ethyl adjacent to an activating group) is 1. The number of hydrogen-bond donors (Lipinski definition) is 4. The lowest BCUT2D eigenvalue weighted by molar-refractivity contribution is -0.138. The van der Waals surface area contributed by atoms with E-state index in [2.05, 4.69) is 31.2 Å². The number of rotatable bonds is 21. The predicted molar refractivity (Wildman–Crippen MR) is 197 cm³/mol. The maximum atomic E-state index is 13.8. The Balaban J connectivity index is 1.59. The number of nitrogens with one attached hydrogen (secondary N) is 4. The second-order valence-electron chi connectivity index (χ2n) is 13.0. The Morgan fingerprint density at radius 2 is 1.67 bits per heavy atom. The molecule has 1 aromatic heterocycles. The number of hydrogen-bond acceptors (Lipinski definition) is 10. The van der Waals surface area contributed by atoms with E-state index in [1.807, 2.05) is 26.8 Å². The third-order valence-electron chi connectivity index (χ3n) is 9.21. The first-order valence-electron chi connectivity index (χ1n) is 18.2. The Hall–Kier alpha value is -4.57. The summed E-state index contributed by atoms with van der Waals surface area (Å²) in [4.78, 5) is 85.6. The molecule has 1 saturated heterocycles. The molecule has 3 atom stereocenters. The molecule has 0 aliphatic carbocycles. The first-order valence-corrected chi connectivity index (χ1v) is 18.2. The van der Waals surface area contributed by atoms with Crippen molar-refractivity contribution in [3.63, 3.8) is 0 Å². The molecule has 288 valence electrons. The zero-order chi connectivity index (χ0) is 38.0. The summed E-state index contributed by atoms with van der Waals surface area (Å²) in [5.41, 5.74) is 1.02. The number of amides is 5. The van der Waals surface area contributed by atoms with Crippen LogP contribution in [0.15, 0.2) is 29.3 Å². The first-order chi connectivity index (χ1) is 25.0. The zero-order valence-electron chi connectivity index (χ0n) is 31.2. The molecule has 1 aliphatic heterocycles. The molecule has 16 nitrogen and oxygen atoms in total. The topological polar surface area (TPSA) is 193 Å². The van der Waals surface area contributed by atoms with Crippen molar-refractivity contribution in [3.8, 4) is 0 Å². The normalized spacial score (nSPS) is 14.7. The molecule has 5 amide bonds. The van der Waals surface area contributed by atoms with Crippen molar-refractivity contribution in [1.29, 1.82) is 0 Å². The number of benzene rings is 1. The van der Waals surface area contributed by atoms with Crippen molar-refractivity contribution < 1.29 is 33.4 Å². The summed E-state index contributed by atoms with van der Waals surface area (Å²) in [5.74, 6) is -1.84. The Labute approximate surface area is 305 Å². The average Bonchev–Trinajstić information content (AvgIpc) is 3.16. The van der Waals surface area contributed by atoms with Gasteiger partial charge in [0.05, 0.1) is 37.1 Å². The summed E-state index contributed by atoms with van der Waals surface area (Å²) in [5, 5.41) is 11.4. The highest BCUT2D eigenvalue weighted by molar-refractivity contribution is 5.93. The van der Waals surface area contributed by atoms with Crippen LogP contribution in [0.5, 0.6) is 0 Å². The molecular formula is C36H56N8O8. The van der Waals surface area contributed by atoms with E-state index >= 15 is 0 Å². The van der Waals surface area contributed by atoms with Gasteiger partial charge in [0, 0.05) is 65.4 Å². The average molecular weight is 729 g/mol. The lowest BCUT2D eigenvalue weighted by Gasteiger charge is -2.38. The number of unbranched alkanes of at least 4 members (excludes halogenated alkanes) is 1. The van der Waals surface area contributed by atoms with E-state index in [1.54, 1.807) is 24.1 Å². The van der Waals surface area contributed by atoms with Crippen LogP contribution in [0.4, 0.5) is 5.69 Å². The van der Waals surface area contributed by atoms with E-state index in [0.29, 0.717) is 76.3 Å². The molecule has 0 saturated carbocycles. The third kappa shape index (κ3) is 12.6. The molecule has 1 fully saturated rings. The van der Waals surface area contributed by atoms with Gasteiger partial charge in [0.2, 0.25) is 29.5 Å². The number of aromatic nitrogens is 2. The van der Waals surface area contributed by atoms with Crippen LogP contribution in [0, 0.1) is 5.92 Å². The molecule has 1 aliphatic rings. The van der Waals surface area contributed by atoms with Crippen LogP contribution < -0.4 is 31.7 Å². The SMILES string of the molecule is CCCC[C@H](NC(=O)[C@@H](NC(=O)CCC(=O)NCCOCCOC)[C@@H](C)CC)C(=O)N1CCN(c2ccc3ncn(CC(=O)NC)c(=O)c3c2)CC1. The minimum atomic E-state index is -0.869. The van der Waals surface area contributed by atoms with Gasteiger partial charge < -0.3 is 40.5 Å². The van der Waals surface area contributed by atoms with E-state index in [0.717, 1.165) is 18.5 Å². The van der Waals surface area contributed by atoms with E-state index in [9.17, 15) is 28.8 Å². The van der Waals surface area contributed by atoms with Gasteiger partial charge in [-0.05, 0) is 30.5 Å². The van der Waals surface area contributed by atoms with Gasteiger partial charge in [0.25, 0.3) is 5.56 Å². The van der Waals surface area contributed by atoms with E-state index in [-0.39, 0.29) is 48.6 Å². The number of ether oxygens (including phenoxy) is 2. The monoisotopic (exact) mass is 728 g/mol. The van der Waals surface area contributed by atoms with Crippen LogP contribution in [0.3, 0.4) is 0 Å². The van der Waals surface area contributed by atoms with Crippen molar-refractivity contribution in [3.05, 3.63) is 34.9 Å². The second kappa shape index (κ2) is 21.7. The summed E-state index contributed by atoms with van der Waals surface area (Å²) in [6.45, 7) is 9.06. The molecule has 0 bridgehead atoms. The fraction of sp³-hybridized carbons (Fsp3) is 0.639. The van der Waals surface area contributed by atoms with Crippen molar-refractivity contribution in [2.75, 3.05) is 71.6 Å². The van der Waals surface area contributed by atoms with Gasteiger partial charge >= 0.3 is 0 Å². The summed E-state index contributed by atoms with van der Waals surface area (Å²) in [6.07, 6.45) is 3.88. The fourth-order valence-electron chi connectivity index (χ4n) is 5.79. The fourth-order valence-corrected chi connectivity index (χ4v) is 5.79. The largest absolute Gasteiger partial charge is 0.382 e. The van der Waals surface area contributed by atoms with Gasteiger partial charge in [-0.3, -0.25) is 33.3 Å². The highest BCUT2D eigenvalue weighted by atomic mass is 16.5. The van der Waals surface area contributed by atoms with Gasteiger partial charge in [0.1, 0.15) is 18.6 Å². The number of carbonyl (C=O) groups excluding carboxylic acids is 5. The summed E-state index contributed by atoms with van der Waals surface area (Å²) in [6, 6.07) is 3.80. The van der Waals surface area contributed by atoms with Crippen LogP contribution in [0.2, 0.25) is 0 Å². The van der Waals surface area contributed by atoms with Gasteiger partial charge in [0.15, 0.2) is 0 Å². The van der Waals surface area contributed by atoms with Crippen LogP contribution in [-0.4, -0.2) is 123 Å². The van der Waals surface area contributed by atoms with E-state index in [1.165, 1.54) is 17.9 Å². The van der Waals surface area contributed by atoms with Crippen LogP contribution in [0.1, 0.15) is 59.3 Å². The van der Waals surface area contributed by atoms with Crippen molar-refractivity contribution in [1.82, 2.24) is 35.7 Å².